The van der Waals surface area contributed by atoms with E-state index in [0.29, 0.717) is 19.6 Å². The van der Waals surface area contributed by atoms with Gasteiger partial charge < -0.3 is 0 Å². The van der Waals surface area contributed by atoms with Gasteiger partial charge in [-0.1, -0.05) is 0 Å². The number of nitriles is 1. The van der Waals surface area contributed by atoms with Crippen molar-refractivity contribution < 1.29 is 17.6 Å². The molecule has 2 rings (SSSR count). The van der Waals surface area contributed by atoms with Crippen LogP contribution in [0.1, 0.15) is 19.4 Å². The van der Waals surface area contributed by atoms with Crippen molar-refractivity contribution in [1.29, 1.82) is 5.26 Å². The first-order valence-electron chi connectivity index (χ1n) is 7.48. The van der Waals surface area contributed by atoms with Crippen molar-refractivity contribution in [1.82, 2.24) is 14.3 Å². The van der Waals surface area contributed by atoms with Gasteiger partial charge in [0, 0.05) is 14.0 Å². The maximum atomic E-state index is 14.5. The zero-order valence-electron chi connectivity index (χ0n) is 14.5. The molecule has 0 unspecified atom stereocenters. The standard InChI is InChI=1S/C15H14FN5O5S/c1-4-27(25,26)21(9(2)22)12-6-13(11(16)5-10(12)7-17)20-15(24)19(3)14(23)8-18-20/h5-6,8H,4H2,1-3H3. The minimum absolute atomic E-state index is 0.363. The Morgan fingerprint density at radius 1 is 1.37 bits per heavy atom. The predicted molar refractivity (Wildman–Crippen MR) is 92.4 cm³/mol. The average molecular weight is 395 g/mol. The zero-order valence-corrected chi connectivity index (χ0v) is 15.3. The van der Waals surface area contributed by atoms with Gasteiger partial charge in [-0.2, -0.15) is 15.0 Å². The van der Waals surface area contributed by atoms with E-state index in [1.807, 2.05) is 0 Å². The number of rotatable bonds is 4. The Labute approximate surface area is 152 Å². The second kappa shape index (κ2) is 7.12. The highest BCUT2D eigenvalue weighted by Gasteiger charge is 2.29. The van der Waals surface area contributed by atoms with Crippen molar-refractivity contribution in [2.24, 2.45) is 7.05 Å². The maximum Gasteiger partial charge on any atom is 0.352 e. The Hall–Kier alpha value is -3.33. The Morgan fingerprint density at radius 2 is 2.00 bits per heavy atom. The summed E-state index contributed by atoms with van der Waals surface area (Å²) in [6, 6.07) is 3.15. The van der Waals surface area contributed by atoms with Gasteiger partial charge in [0.05, 0.1) is 17.0 Å². The first-order chi connectivity index (χ1) is 12.5. The third-order valence-corrected chi connectivity index (χ3v) is 5.38. The lowest BCUT2D eigenvalue weighted by Gasteiger charge is -2.22. The Morgan fingerprint density at radius 3 is 2.52 bits per heavy atom. The molecule has 2 aromatic rings. The van der Waals surface area contributed by atoms with Crippen LogP contribution in [0.15, 0.2) is 27.9 Å². The molecule has 142 valence electrons. The lowest BCUT2D eigenvalue weighted by molar-refractivity contribution is -0.115. The number of amides is 1. The molecule has 1 aromatic carbocycles. The van der Waals surface area contributed by atoms with Gasteiger partial charge in [0.2, 0.25) is 15.9 Å². The summed E-state index contributed by atoms with van der Waals surface area (Å²) in [5.74, 6) is -2.45. The van der Waals surface area contributed by atoms with Crippen molar-refractivity contribution in [3.05, 3.63) is 50.5 Å². The zero-order chi connectivity index (χ0) is 20.5. The molecule has 0 radical (unpaired) electrons. The van der Waals surface area contributed by atoms with Gasteiger partial charge in [0.15, 0.2) is 5.82 Å². The van der Waals surface area contributed by atoms with Crippen molar-refractivity contribution in [2.75, 3.05) is 10.1 Å². The molecule has 0 aliphatic carbocycles. The van der Waals surface area contributed by atoms with Gasteiger partial charge in [-0.25, -0.2) is 21.9 Å². The molecule has 0 fully saturated rings. The SMILES string of the molecule is CCS(=O)(=O)N(C(C)=O)c1cc(-n2ncc(=O)n(C)c2=O)c(F)cc1C#N. The number of aromatic nitrogens is 3. The fourth-order valence-electron chi connectivity index (χ4n) is 2.26. The summed E-state index contributed by atoms with van der Waals surface area (Å²) >= 11 is 0. The molecule has 10 nitrogen and oxygen atoms in total. The smallest absolute Gasteiger partial charge is 0.274 e. The number of benzene rings is 1. The molecule has 0 aliphatic heterocycles. The van der Waals surface area contributed by atoms with Gasteiger partial charge in [-0.05, 0) is 19.1 Å². The summed E-state index contributed by atoms with van der Waals surface area (Å²) in [5.41, 5.74) is -3.11. The van der Waals surface area contributed by atoms with Gasteiger partial charge in [-0.3, -0.25) is 14.2 Å². The average Bonchev–Trinajstić information content (AvgIpc) is 2.61. The number of nitrogens with zero attached hydrogens (tertiary/aromatic N) is 5. The topological polar surface area (TPSA) is 135 Å². The first kappa shape index (κ1) is 20.0. The van der Waals surface area contributed by atoms with Crippen LogP contribution in [0.4, 0.5) is 10.1 Å². The quantitative estimate of drug-likeness (QED) is 0.690. The Bertz CT molecular complexity index is 1190. The molecule has 0 bridgehead atoms. The van der Waals surface area contributed by atoms with Crippen LogP contribution in [0.3, 0.4) is 0 Å². The number of hydrogen-bond acceptors (Lipinski definition) is 7. The molecule has 0 saturated heterocycles. The summed E-state index contributed by atoms with van der Waals surface area (Å²) in [6.07, 6.45) is 0.768. The molecule has 0 spiro atoms. The number of halogens is 1. The summed E-state index contributed by atoms with van der Waals surface area (Å²) < 4.78 is 40.6. The molecule has 0 aliphatic rings. The summed E-state index contributed by atoms with van der Waals surface area (Å²) in [6.45, 7) is 2.26. The van der Waals surface area contributed by atoms with E-state index in [9.17, 15) is 32.5 Å². The van der Waals surface area contributed by atoms with Crippen LogP contribution in [-0.2, 0) is 21.9 Å². The van der Waals surface area contributed by atoms with Crippen LogP contribution in [0.25, 0.3) is 5.69 Å². The molecule has 0 saturated carbocycles. The van der Waals surface area contributed by atoms with Crippen molar-refractivity contribution in [3.8, 4) is 11.8 Å². The van der Waals surface area contributed by atoms with Crippen molar-refractivity contribution in [2.45, 2.75) is 13.8 Å². The monoisotopic (exact) mass is 395 g/mol. The van der Waals surface area contributed by atoms with E-state index < -0.39 is 55.7 Å². The van der Waals surface area contributed by atoms with Crippen LogP contribution in [0.2, 0.25) is 0 Å². The lowest BCUT2D eigenvalue weighted by atomic mass is 10.1. The van der Waals surface area contributed by atoms with E-state index in [1.165, 1.54) is 6.92 Å². The second-order valence-electron chi connectivity index (χ2n) is 5.35. The summed E-state index contributed by atoms with van der Waals surface area (Å²) in [5, 5.41) is 12.8. The van der Waals surface area contributed by atoms with E-state index in [2.05, 4.69) is 5.10 Å². The number of carbonyl (C=O) groups is 1. The molecule has 0 N–H and O–H groups in total. The fraction of sp³-hybridized carbons (Fsp3) is 0.267. The minimum atomic E-state index is -4.13. The molecular formula is C15H14FN5O5S. The van der Waals surface area contributed by atoms with E-state index in [-0.39, 0.29) is 0 Å². The predicted octanol–water partition coefficient (Wildman–Crippen LogP) is -0.355. The molecular weight excluding hydrogens is 381 g/mol. The number of hydrogen-bond donors (Lipinski definition) is 0. The highest BCUT2D eigenvalue weighted by Crippen LogP contribution is 2.28. The Kier molecular flexibility index (Phi) is 5.27. The van der Waals surface area contributed by atoms with E-state index in [1.54, 1.807) is 6.07 Å². The third-order valence-electron chi connectivity index (χ3n) is 3.64. The largest absolute Gasteiger partial charge is 0.352 e. The van der Waals surface area contributed by atoms with E-state index in [4.69, 9.17) is 0 Å². The number of carbonyl (C=O) groups excluding carboxylic acids is 1. The lowest BCUT2D eigenvalue weighted by Crippen LogP contribution is -2.39. The second-order valence-corrected chi connectivity index (χ2v) is 7.46. The number of sulfonamides is 1. The molecule has 12 heteroatoms. The molecule has 0 atom stereocenters. The summed E-state index contributed by atoms with van der Waals surface area (Å²) in [7, 11) is -2.99. The van der Waals surface area contributed by atoms with Crippen molar-refractivity contribution >= 4 is 21.6 Å². The Balaban J connectivity index is 2.91. The van der Waals surface area contributed by atoms with E-state index >= 15 is 0 Å². The highest BCUT2D eigenvalue weighted by atomic mass is 32.2. The molecule has 27 heavy (non-hydrogen) atoms. The van der Waals surface area contributed by atoms with Crippen LogP contribution in [0.5, 0.6) is 0 Å². The fourth-order valence-corrected chi connectivity index (χ4v) is 3.36. The van der Waals surface area contributed by atoms with Crippen LogP contribution in [0, 0.1) is 17.1 Å². The van der Waals surface area contributed by atoms with Gasteiger partial charge in [0.25, 0.3) is 5.56 Å². The van der Waals surface area contributed by atoms with Gasteiger partial charge in [0.1, 0.15) is 18.0 Å². The van der Waals surface area contributed by atoms with Gasteiger partial charge in [-0.15, -0.1) is 0 Å². The van der Waals surface area contributed by atoms with Gasteiger partial charge >= 0.3 is 5.69 Å². The molecule has 1 heterocycles. The summed E-state index contributed by atoms with van der Waals surface area (Å²) in [4.78, 5) is 35.6. The molecule has 1 aromatic heterocycles. The normalized spacial score (nSPS) is 11.1. The van der Waals surface area contributed by atoms with Crippen LogP contribution in [-0.4, -0.2) is 34.4 Å². The minimum Gasteiger partial charge on any atom is -0.274 e. The maximum absolute atomic E-state index is 14.5. The van der Waals surface area contributed by atoms with Crippen LogP contribution < -0.4 is 15.6 Å². The van der Waals surface area contributed by atoms with E-state index in [0.717, 1.165) is 26.2 Å². The van der Waals surface area contributed by atoms with Crippen molar-refractivity contribution in [3.63, 3.8) is 0 Å². The molecule has 1 amide bonds. The first-order valence-corrected chi connectivity index (χ1v) is 9.09. The third kappa shape index (κ3) is 3.49. The van der Waals surface area contributed by atoms with Crippen LogP contribution >= 0.6 is 0 Å². The number of anilines is 1. The highest BCUT2D eigenvalue weighted by molar-refractivity contribution is 7.93.